The molecule has 0 aliphatic carbocycles. The van der Waals surface area contributed by atoms with E-state index in [-0.39, 0.29) is 5.75 Å². The fourth-order valence-corrected chi connectivity index (χ4v) is 4.34. The number of pyridine rings is 1. The monoisotopic (exact) mass is 352 g/mol. The van der Waals surface area contributed by atoms with Gasteiger partial charge < -0.3 is 10.8 Å². The molecule has 0 bridgehead atoms. The number of nitrogen functional groups attached to an aromatic ring is 1. The van der Waals surface area contributed by atoms with Gasteiger partial charge >= 0.3 is 0 Å². The fourth-order valence-electron chi connectivity index (χ4n) is 3.28. The third-order valence-electron chi connectivity index (χ3n) is 4.51. The van der Waals surface area contributed by atoms with Gasteiger partial charge in [0.1, 0.15) is 28.8 Å². The van der Waals surface area contributed by atoms with Gasteiger partial charge in [-0.05, 0) is 57.4 Å². The molecule has 0 saturated heterocycles. The lowest BCUT2D eigenvalue weighted by Crippen LogP contribution is -2.12. The predicted octanol–water partition coefficient (Wildman–Crippen LogP) is 3.48. The van der Waals surface area contributed by atoms with E-state index in [0.717, 1.165) is 27.6 Å². The van der Waals surface area contributed by atoms with E-state index in [0.29, 0.717) is 22.6 Å². The largest absolute Gasteiger partial charge is 0.508 e. The van der Waals surface area contributed by atoms with Crippen molar-refractivity contribution in [2.45, 2.75) is 20.8 Å². The Bertz CT molecular complexity index is 1040. The van der Waals surface area contributed by atoms with Crippen molar-refractivity contribution in [3.63, 3.8) is 0 Å². The van der Waals surface area contributed by atoms with Crippen molar-refractivity contribution >= 4 is 30.2 Å². The molecule has 0 unspecified atom stereocenters. The summed E-state index contributed by atoms with van der Waals surface area (Å²) in [7, 11) is -0.395. The fraction of sp³-hybridized carbons (Fsp3) is 0.263. The number of nitriles is 1. The second-order valence-electron chi connectivity index (χ2n) is 6.48. The molecule has 25 heavy (non-hydrogen) atoms. The SMILES string of the molecule is Cc1cc2c(C#N)c(N)n(-c3c(C)ccc(O)c3C)c2nc1P(C)C. The number of nitrogens with two attached hydrogens (primary N) is 1. The lowest BCUT2D eigenvalue weighted by molar-refractivity contribution is 0.470. The average molecular weight is 352 g/mol. The van der Waals surface area contributed by atoms with Gasteiger partial charge in [0.05, 0.1) is 11.1 Å². The maximum atomic E-state index is 10.2. The second-order valence-corrected chi connectivity index (χ2v) is 8.69. The number of aryl methyl sites for hydroxylation is 2. The average Bonchev–Trinajstić information content (AvgIpc) is 2.81. The Morgan fingerprint density at radius 2 is 1.88 bits per heavy atom. The van der Waals surface area contributed by atoms with Crippen LogP contribution in [0.5, 0.6) is 5.75 Å². The number of benzene rings is 1. The maximum Gasteiger partial charge on any atom is 0.148 e. The number of phenols is 1. The first-order chi connectivity index (χ1) is 11.8. The Hall–Kier alpha value is -2.57. The van der Waals surface area contributed by atoms with Crippen molar-refractivity contribution < 1.29 is 5.11 Å². The minimum atomic E-state index is -0.395. The zero-order valence-electron chi connectivity index (χ0n) is 15.0. The molecule has 0 amide bonds. The Morgan fingerprint density at radius 1 is 1.20 bits per heavy atom. The number of fused-ring (bicyclic) bond motifs is 1. The van der Waals surface area contributed by atoms with Crippen molar-refractivity contribution in [2.24, 2.45) is 0 Å². The molecule has 0 atom stereocenters. The van der Waals surface area contributed by atoms with Crippen LogP contribution in [0.4, 0.5) is 5.82 Å². The molecule has 1 aromatic carbocycles. The van der Waals surface area contributed by atoms with E-state index < -0.39 is 7.92 Å². The van der Waals surface area contributed by atoms with Gasteiger partial charge in [-0.1, -0.05) is 14.0 Å². The first-order valence-corrected chi connectivity index (χ1v) is 10.2. The maximum absolute atomic E-state index is 10.2. The Kier molecular flexibility index (Phi) is 4.18. The van der Waals surface area contributed by atoms with Gasteiger partial charge in [-0.3, -0.25) is 4.57 Å². The number of phenolic OH excluding ortho intramolecular Hbond substituents is 1. The highest BCUT2D eigenvalue weighted by molar-refractivity contribution is 7.63. The Balaban J connectivity index is 2.52. The first-order valence-electron chi connectivity index (χ1n) is 7.96. The molecule has 0 aliphatic heterocycles. The lowest BCUT2D eigenvalue weighted by atomic mass is 10.1. The summed E-state index contributed by atoms with van der Waals surface area (Å²) in [6, 6.07) is 7.73. The highest BCUT2D eigenvalue weighted by atomic mass is 31.1. The number of nitrogens with zero attached hydrogens (tertiary/aromatic N) is 3. The van der Waals surface area contributed by atoms with Crippen LogP contribution >= 0.6 is 7.92 Å². The molecule has 3 N–H and O–H groups in total. The van der Waals surface area contributed by atoms with E-state index in [4.69, 9.17) is 10.7 Å². The van der Waals surface area contributed by atoms with E-state index in [2.05, 4.69) is 19.4 Å². The molecule has 128 valence electrons. The Morgan fingerprint density at radius 3 is 2.48 bits per heavy atom. The second kappa shape index (κ2) is 6.06. The first kappa shape index (κ1) is 17.3. The zero-order chi connectivity index (χ0) is 18.5. The minimum absolute atomic E-state index is 0.195. The van der Waals surface area contributed by atoms with Crippen LogP contribution in [-0.4, -0.2) is 28.0 Å². The molecule has 3 rings (SSSR count). The summed E-state index contributed by atoms with van der Waals surface area (Å²) in [6.45, 7) is 10.1. The van der Waals surface area contributed by atoms with Crippen LogP contribution in [0.3, 0.4) is 0 Å². The summed E-state index contributed by atoms with van der Waals surface area (Å²) < 4.78 is 1.81. The minimum Gasteiger partial charge on any atom is -0.508 e. The molecule has 0 fully saturated rings. The third kappa shape index (κ3) is 2.54. The zero-order valence-corrected chi connectivity index (χ0v) is 15.9. The van der Waals surface area contributed by atoms with Gasteiger partial charge in [0.2, 0.25) is 0 Å². The smallest absolute Gasteiger partial charge is 0.148 e. The molecule has 0 aliphatic rings. The van der Waals surface area contributed by atoms with E-state index in [1.807, 2.05) is 32.9 Å². The predicted molar refractivity (Wildman–Crippen MR) is 104 cm³/mol. The number of rotatable bonds is 2. The molecule has 0 spiro atoms. The number of hydrogen-bond donors (Lipinski definition) is 2. The highest BCUT2D eigenvalue weighted by Crippen LogP contribution is 2.36. The lowest BCUT2D eigenvalue weighted by Gasteiger charge is -2.16. The molecule has 2 heterocycles. The van der Waals surface area contributed by atoms with Crippen molar-refractivity contribution in [1.29, 1.82) is 5.26 Å². The molecular formula is C19H21N4OP. The van der Waals surface area contributed by atoms with Gasteiger partial charge in [0, 0.05) is 10.9 Å². The van der Waals surface area contributed by atoms with E-state index in [9.17, 15) is 10.4 Å². The van der Waals surface area contributed by atoms with Gasteiger partial charge in [-0.2, -0.15) is 5.26 Å². The Labute approximate surface area is 148 Å². The van der Waals surface area contributed by atoms with Crippen molar-refractivity contribution in [1.82, 2.24) is 9.55 Å². The van der Waals surface area contributed by atoms with Crippen molar-refractivity contribution in [2.75, 3.05) is 19.1 Å². The van der Waals surface area contributed by atoms with Gasteiger partial charge in [0.15, 0.2) is 0 Å². The van der Waals surface area contributed by atoms with E-state index >= 15 is 0 Å². The van der Waals surface area contributed by atoms with E-state index in [1.165, 1.54) is 0 Å². The normalized spacial score (nSPS) is 11.2. The van der Waals surface area contributed by atoms with Crippen LogP contribution < -0.4 is 11.2 Å². The molecule has 6 heteroatoms. The quantitative estimate of drug-likeness (QED) is 0.691. The molecular weight excluding hydrogens is 331 g/mol. The van der Waals surface area contributed by atoms with Crippen LogP contribution in [0, 0.1) is 32.1 Å². The summed E-state index contributed by atoms with van der Waals surface area (Å²) in [5.41, 5.74) is 12.0. The highest BCUT2D eigenvalue weighted by Gasteiger charge is 2.22. The number of aromatic hydroxyl groups is 1. The molecule has 3 aromatic rings. The third-order valence-corrected chi connectivity index (χ3v) is 5.81. The van der Waals surface area contributed by atoms with Crippen molar-refractivity contribution in [3.05, 3.63) is 40.5 Å². The van der Waals surface area contributed by atoms with Crippen LogP contribution in [0.2, 0.25) is 0 Å². The van der Waals surface area contributed by atoms with Crippen molar-refractivity contribution in [3.8, 4) is 17.5 Å². The summed E-state index contributed by atoms with van der Waals surface area (Å²) in [5.74, 6) is 0.552. The number of anilines is 1. The molecule has 0 saturated carbocycles. The van der Waals surface area contributed by atoms with Crippen LogP contribution in [-0.2, 0) is 0 Å². The number of hydrogen-bond acceptors (Lipinski definition) is 4. The summed E-state index contributed by atoms with van der Waals surface area (Å²) in [6.07, 6.45) is 0. The van der Waals surface area contributed by atoms with Crippen LogP contribution in [0.1, 0.15) is 22.3 Å². The van der Waals surface area contributed by atoms with Gasteiger partial charge in [-0.15, -0.1) is 0 Å². The van der Waals surface area contributed by atoms with Crippen LogP contribution in [0.15, 0.2) is 18.2 Å². The van der Waals surface area contributed by atoms with Gasteiger partial charge in [0.25, 0.3) is 0 Å². The topological polar surface area (TPSA) is 87.9 Å². The molecule has 0 radical (unpaired) electrons. The summed E-state index contributed by atoms with van der Waals surface area (Å²) in [4.78, 5) is 4.87. The summed E-state index contributed by atoms with van der Waals surface area (Å²) in [5, 5.41) is 20.5. The number of aromatic nitrogens is 2. The standard InChI is InChI=1S/C19H21N4OP/c1-10-6-7-15(24)12(3)16(10)23-17(21)14(9-20)13-8-11(2)19(25(4)5)22-18(13)23/h6-8,24H,21H2,1-5H3. The summed E-state index contributed by atoms with van der Waals surface area (Å²) >= 11 is 0. The molecule has 2 aromatic heterocycles. The van der Waals surface area contributed by atoms with Gasteiger partial charge in [-0.25, -0.2) is 4.98 Å². The molecule has 5 nitrogen and oxygen atoms in total. The van der Waals surface area contributed by atoms with E-state index in [1.54, 1.807) is 10.6 Å². The van der Waals surface area contributed by atoms with Crippen LogP contribution in [0.25, 0.3) is 16.7 Å².